The van der Waals surface area contributed by atoms with Crippen LogP contribution in [-0.2, 0) is 18.7 Å². The molecule has 0 N–H and O–H groups in total. The van der Waals surface area contributed by atoms with E-state index in [1.807, 2.05) is 0 Å². The summed E-state index contributed by atoms with van der Waals surface area (Å²) in [6.45, 7) is 23.1. The second kappa shape index (κ2) is 14.2. The molecule has 30 heavy (non-hydrogen) atoms. The van der Waals surface area contributed by atoms with Crippen LogP contribution in [0.4, 0.5) is 0 Å². The van der Waals surface area contributed by atoms with Gasteiger partial charge in [0, 0.05) is 26.0 Å². The Morgan fingerprint density at radius 1 is 1.10 bits per heavy atom. The highest BCUT2D eigenvalue weighted by molar-refractivity contribution is 6.74. The quantitative estimate of drug-likeness (QED) is 0.0847. The highest BCUT2D eigenvalue weighted by atomic mass is 28.4. The molecule has 4 atom stereocenters. The van der Waals surface area contributed by atoms with Gasteiger partial charge in [0.05, 0.1) is 12.2 Å². The molecule has 4 nitrogen and oxygen atoms in total. The molecule has 5 heteroatoms. The van der Waals surface area contributed by atoms with E-state index in [2.05, 4.69) is 60.9 Å². The Balaban J connectivity index is 5.49. The lowest BCUT2D eigenvalue weighted by molar-refractivity contribution is -0.144. The largest absolute Gasteiger partial charge is 0.459 e. The van der Waals surface area contributed by atoms with E-state index in [0.717, 1.165) is 12.8 Å². The van der Waals surface area contributed by atoms with E-state index in [4.69, 9.17) is 13.9 Å². The molecule has 0 aromatic heterocycles. The second-order valence-electron chi connectivity index (χ2n) is 10.0. The first-order chi connectivity index (χ1) is 13.9. The predicted octanol–water partition coefficient (Wildman–Crippen LogP) is 7.06. The third-order valence-corrected chi connectivity index (χ3v) is 10.9. The van der Waals surface area contributed by atoms with Gasteiger partial charge in [-0.1, -0.05) is 66.5 Å². The third kappa shape index (κ3) is 10.9. The van der Waals surface area contributed by atoms with Crippen molar-refractivity contribution in [3.05, 3.63) is 25.3 Å². The van der Waals surface area contributed by atoms with Crippen molar-refractivity contribution in [2.45, 2.75) is 116 Å². The Morgan fingerprint density at radius 3 is 2.20 bits per heavy atom. The van der Waals surface area contributed by atoms with Crippen LogP contribution in [0.5, 0.6) is 0 Å². The maximum atomic E-state index is 11.8. The number of carbonyl (C=O) groups is 1. The Labute approximate surface area is 187 Å². The minimum absolute atomic E-state index is 0.0352. The zero-order valence-corrected chi connectivity index (χ0v) is 22.0. The topological polar surface area (TPSA) is 44.8 Å². The van der Waals surface area contributed by atoms with Gasteiger partial charge >= 0.3 is 5.97 Å². The summed E-state index contributed by atoms with van der Waals surface area (Å²) in [5.74, 6) is 0.0600. The van der Waals surface area contributed by atoms with E-state index >= 15 is 0 Å². The summed E-state index contributed by atoms with van der Waals surface area (Å²) in [4.78, 5) is 11.8. The first-order valence-corrected chi connectivity index (χ1v) is 14.5. The Hall–Kier alpha value is -0.913. The minimum atomic E-state index is -1.99. The molecule has 0 fully saturated rings. The lowest BCUT2D eigenvalue weighted by Crippen LogP contribution is -2.46. The van der Waals surface area contributed by atoms with Gasteiger partial charge in [-0.15, -0.1) is 6.58 Å². The van der Waals surface area contributed by atoms with Gasteiger partial charge < -0.3 is 13.9 Å². The minimum Gasteiger partial charge on any atom is -0.459 e. The van der Waals surface area contributed by atoms with Crippen molar-refractivity contribution in [1.29, 1.82) is 0 Å². The summed E-state index contributed by atoms with van der Waals surface area (Å²) in [6.07, 6.45) is 9.72. The molecule has 0 heterocycles. The van der Waals surface area contributed by atoms with Crippen LogP contribution in [-0.4, -0.2) is 39.7 Å². The number of rotatable bonds is 16. The number of methoxy groups -OCH3 is 1. The molecular weight excluding hydrogens is 392 g/mol. The highest BCUT2D eigenvalue weighted by Gasteiger charge is 2.40. The average Bonchev–Trinajstić information content (AvgIpc) is 2.64. The number of carbonyl (C=O) groups excluding carboxylic acids is 1. The highest BCUT2D eigenvalue weighted by Crippen LogP contribution is 2.39. The molecule has 0 radical (unpaired) electrons. The van der Waals surface area contributed by atoms with Gasteiger partial charge in [-0.25, -0.2) is 4.79 Å². The van der Waals surface area contributed by atoms with Crippen molar-refractivity contribution in [3.8, 4) is 0 Å². The molecule has 0 amide bonds. The van der Waals surface area contributed by atoms with Crippen molar-refractivity contribution >= 4 is 14.3 Å². The van der Waals surface area contributed by atoms with E-state index in [-0.39, 0.29) is 23.4 Å². The van der Waals surface area contributed by atoms with Crippen molar-refractivity contribution < 1.29 is 18.7 Å². The zero-order chi connectivity index (χ0) is 23.4. The van der Waals surface area contributed by atoms with Crippen LogP contribution in [0.15, 0.2) is 25.3 Å². The van der Waals surface area contributed by atoms with E-state index < -0.39 is 14.3 Å². The molecule has 0 bridgehead atoms. The molecule has 0 aromatic carbocycles. The fourth-order valence-electron chi connectivity index (χ4n) is 3.39. The SMILES string of the molecule is C=CC[C@@H](C[C@H](C[C@H](OC)[C@H](C)CCCCC)O[Si](C)(C)C(C)(C)C)OC(=O)C=C. The first kappa shape index (κ1) is 29.1. The fourth-order valence-corrected chi connectivity index (χ4v) is 4.77. The van der Waals surface area contributed by atoms with Crippen LogP contribution in [0.25, 0.3) is 0 Å². The average molecular weight is 441 g/mol. The molecule has 0 unspecified atom stereocenters. The number of unbranched alkanes of at least 4 members (excludes halogenated alkanes) is 2. The lowest BCUT2D eigenvalue weighted by atomic mass is 9.92. The Kier molecular flexibility index (Phi) is 13.8. The summed E-state index contributed by atoms with van der Waals surface area (Å²) < 4.78 is 18.3. The normalized spacial score (nSPS) is 16.4. The van der Waals surface area contributed by atoms with Gasteiger partial charge in [-0.3, -0.25) is 0 Å². The van der Waals surface area contributed by atoms with Gasteiger partial charge in [-0.05, 0) is 36.9 Å². The molecule has 0 aliphatic rings. The molecule has 0 saturated heterocycles. The summed E-state index contributed by atoms with van der Waals surface area (Å²) in [5.41, 5.74) is 0. The number of hydrogen-bond acceptors (Lipinski definition) is 4. The first-order valence-electron chi connectivity index (χ1n) is 11.6. The van der Waals surface area contributed by atoms with Gasteiger partial charge in [0.1, 0.15) is 6.10 Å². The van der Waals surface area contributed by atoms with E-state index in [1.54, 1.807) is 13.2 Å². The summed E-state index contributed by atoms with van der Waals surface area (Å²) in [7, 11) is -0.199. The molecule has 176 valence electrons. The van der Waals surface area contributed by atoms with Crippen molar-refractivity contribution in [1.82, 2.24) is 0 Å². The van der Waals surface area contributed by atoms with Crippen LogP contribution in [0, 0.1) is 5.92 Å². The fraction of sp³-hybridized carbons (Fsp3) is 0.800. The Morgan fingerprint density at radius 2 is 1.73 bits per heavy atom. The monoisotopic (exact) mass is 440 g/mol. The number of hydrogen-bond donors (Lipinski definition) is 0. The molecule has 0 spiro atoms. The van der Waals surface area contributed by atoms with Crippen LogP contribution in [0.2, 0.25) is 18.1 Å². The number of esters is 1. The molecule has 0 aliphatic carbocycles. The third-order valence-electron chi connectivity index (χ3n) is 6.37. The Bertz CT molecular complexity index is 510. The lowest BCUT2D eigenvalue weighted by Gasteiger charge is -2.41. The van der Waals surface area contributed by atoms with Gasteiger partial charge in [0.25, 0.3) is 0 Å². The molecule has 0 rings (SSSR count). The molecule has 0 aliphatic heterocycles. The van der Waals surface area contributed by atoms with Gasteiger partial charge in [0.15, 0.2) is 8.32 Å². The van der Waals surface area contributed by atoms with Crippen molar-refractivity contribution in [3.63, 3.8) is 0 Å². The van der Waals surface area contributed by atoms with Crippen LogP contribution >= 0.6 is 0 Å². The van der Waals surface area contributed by atoms with Crippen molar-refractivity contribution in [2.75, 3.05) is 7.11 Å². The van der Waals surface area contributed by atoms with Crippen LogP contribution in [0.1, 0.15) is 79.6 Å². The smallest absolute Gasteiger partial charge is 0.330 e. The maximum absolute atomic E-state index is 11.8. The molecule has 0 saturated carbocycles. The second-order valence-corrected chi connectivity index (χ2v) is 14.8. The van der Waals surface area contributed by atoms with Gasteiger partial charge in [-0.2, -0.15) is 0 Å². The summed E-state index contributed by atoms with van der Waals surface area (Å²) in [5, 5.41) is 0.103. The zero-order valence-electron chi connectivity index (χ0n) is 21.0. The van der Waals surface area contributed by atoms with Crippen LogP contribution < -0.4 is 0 Å². The number of ether oxygens (including phenoxy) is 2. The van der Waals surface area contributed by atoms with E-state index in [1.165, 1.54) is 25.3 Å². The molecule has 0 aromatic rings. The maximum Gasteiger partial charge on any atom is 0.330 e. The molecular formula is C25H48O4Si. The summed E-state index contributed by atoms with van der Waals surface area (Å²) >= 11 is 0. The van der Waals surface area contributed by atoms with E-state index in [9.17, 15) is 4.79 Å². The van der Waals surface area contributed by atoms with Crippen molar-refractivity contribution in [2.24, 2.45) is 5.92 Å². The predicted molar refractivity (Wildman–Crippen MR) is 130 cm³/mol. The van der Waals surface area contributed by atoms with Crippen LogP contribution in [0.3, 0.4) is 0 Å². The van der Waals surface area contributed by atoms with Gasteiger partial charge in [0.2, 0.25) is 0 Å². The van der Waals surface area contributed by atoms with E-state index in [0.29, 0.717) is 18.8 Å². The summed E-state index contributed by atoms with van der Waals surface area (Å²) in [6, 6.07) is 0. The standard InChI is InChI=1S/C25H48O4Si/c1-11-14-15-17-20(4)23(27-8)19-22(29-30(9,10)25(5,6)7)18-21(16-12-2)28-24(26)13-3/h12-13,20-23H,2-3,11,14-19H2,1,4-10H3/t20-,21+,22-,23+/m1/s1.